The number of fused-ring (bicyclic) bond motifs is 1. The summed E-state index contributed by atoms with van der Waals surface area (Å²) in [6.07, 6.45) is 5.47. The van der Waals surface area contributed by atoms with Crippen LogP contribution in [0.2, 0.25) is 0 Å². The number of carboxylic acid groups (broad SMARTS) is 1. The van der Waals surface area contributed by atoms with Crippen LogP contribution < -0.4 is 0 Å². The van der Waals surface area contributed by atoms with Crippen LogP contribution in [-0.2, 0) is 19.1 Å². The molecule has 0 saturated carbocycles. The summed E-state index contributed by atoms with van der Waals surface area (Å²) in [6, 6.07) is -1.48. The van der Waals surface area contributed by atoms with Crippen molar-refractivity contribution in [3.63, 3.8) is 0 Å². The van der Waals surface area contributed by atoms with Crippen LogP contribution in [0.1, 0.15) is 59.3 Å². The summed E-state index contributed by atoms with van der Waals surface area (Å²) in [4.78, 5) is 42.9. The van der Waals surface area contributed by atoms with E-state index in [2.05, 4.69) is 13.5 Å². The number of likely N-dealkylation sites (tertiary alicyclic amines) is 1. The Morgan fingerprint density at radius 1 is 1.38 bits per heavy atom. The quantitative estimate of drug-likeness (QED) is 0.348. The summed E-state index contributed by atoms with van der Waals surface area (Å²) in [6.45, 7) is 10.5. The Balaban J connectivity index is 2.03. The largest absolute Gasteiger partial charge is 0.481 e. The van der Waals surface area contributed by atoms with Gasteiger partial charge in [0.05, 0.1) is 30.6 Å². The highest BCUT2D eigenvalue weighted by Crippen LogP contribution is 2.59. The Labute approximate surface area is 190 Å². The minimum atomic E-state index is -1.14. The molecule has 3 saturated heterocycles. The minimum Gasteiger partial charge on any atom is -0.481 e. The first kappa shape index (κ1) is 24.7. The molecule has 3 fully saturated rings. The third kappa shape index (κ3) is 4.07. The van der Waals surface area contributed by atoms with Crippen LogP contribution >= 0.6 is 0 Å². The first-order valence-corrected chi connectivity index (χ1v) is 12.0. The van der Waals surface area contributed by atoms with Gasteiger partial charge in [-0.25, -0.2) is 0 Å². The number of aliphatic hydroxyl groups is 1. The number of carboxylic acids is 1. The molecule has 6 atom stereocenters. The number of carbonyl (C=O) groups excluding carboxylic acids is 2. The number of aliphatic carboxylic acids is 1. The molecule has 3 aliphatic heterocycles. The predicted molar refractivity (Wildman–Crippen MR) is 119 cm³/mol. The van der Waals surface area contributed by atoms with Gasteiger partial charge < -0.3 is 24.7 Å². The second-order valence-corrected chi connectivity index (χ2v) is 9.89. The van der Waals surface area contributed by atoms with E-state index in [-0.39, 0.29) is 24.3 Å². The predicted octanol–water partition coefficient (Wildman–Crippen LogP) is 2.06. The average Bonchev–Trinajstić information content (AvgIpc) is 3.38. The lowest BCUT2D eigenvalue weighted by atomic mass is 9.70. The van der Waals surface area contributed by atoms with Crippen molar-refractivity contribution in [2.45, 2.75) is 83.1 Å². The molecule has 32 heavy (non-hydrogen) atoms. The van der Waals surface area contributed by atoms with Gasteiger partial charge in [-0.05, 0) is 31.6 Å². The summed E-state index contributed by atoms with van der Waals surface area (Å²) >= 11 is 0. The topological polar surface area (TPSA) is 107 Å². The molecule has 0 aliphatic carbocycles. The molecule has 1 spiro atoms. The van der Waals surface area contributed by atoms with Gasteiger partial charge in [-0.1, -0.05) is 39.7 Å². The highest BCUT2D eigenvalue weighted by Gasteiger charge is 2.75. The van der Waals surface area contributed by atoms with Gasteiger partial charge in [-0.15, -0.1) is 6.58 Å². The van der Waals surface area contributed by atoms with E-state index in [1.165, 1.54) is 4.90 Å². The molecule has 2 amide bonds. The van der Waals surface area contributed by atoms with E-state index in [1.54, 1.807) is 11.0 Å². The second kappa shape index (κ2) is 9.91. The van der Waals surface area contributed by atoms with Gasteiger partial charge in [0.25, 0.3) is 0 Å². The second-order valence-electron chi connectivity index (χ2n) is 9.89. The first-order chi connectivity index (χ1) is 15.2. The third-order valence-electron chi connectivity index (χ3n) is 7.30. The van der Waals surface area contributed by atoms with Gasteiger partial charge in [0.15, 0.2) is 0 Å². The smallest absolute Gasteiger partial charge is 0.310 e. The van der Waals surface area contributed by atoms with Gasteiger partial charge in [0, 0.05) is 13.1 Å². The van der Waals surface area contributed by atoms with Crippen LogP contribution in [0.15, 0.2) is 12.7 Å². The molecule has 8 nitrogen and oxygen atoms in total. The molecular formula is C24H38N2O6. The Morgan fingerprint density at radius 3 is 2.66 bits per heavy atom. The van der Waals surface area contributed by atoms with E-state index in [1.807, 2.05) is 13.8 Å². The maximum absolute atomic E-state index is 14.0. The molecular weight excluding hydrogens is 412 g/mol. The Morgan fingerprint density at radius 2 is 2.09 bits per heavy atom. The fraction of sp³-hybridized carbons (Fsp3) is 0.792. The van der Waals surface area contributed by atoms with Crippen molar-refractivity contribution < 1.29 is 29.3 Å². The Kier molecular flexibility index (Phi) is 7.65. The average molecular weight is 451 g/mol. The molecule has 180 valence electrons. The third-order valence-corrected chi connectivity index (χ3v) is 7.30. The normalized spacial score (nSPS) is 31.8. The number of aliphatic hydroxyl groups excluding tert-OH is 1. The maximum Gasteiger partial charge on any atom is 0.310 e. The zero-order valence-electron chi connectivity index (χ0n) is 19.5. The lowest BCUT2D eigenvalue weighted by Gasteiger charge is -2.39. The summed E-state index contributed by atoms with van der Waals surface area (Å²) in [7, 11) is 0. The van der Waals surface area contributed by atoms with Gasteiger partial charge in [0.2, 0.25) is 11.8 Å². The number of ether oxygens (including phenoxy) is 1. The van der Waals surface area contributed by atoms with Crippen LogP contribution in [0.3, 0.4) is 0 Å². The van der Waals surface area contributed by atoms with Crippen molar-refractivity contribution in [3.8, 4) is 0 Å². The van der Waals surface area contributed by atoms with Gasteiger partial charge in [0.1, 0.15) is 11.6 Å². The first-order valence-electron chi connectivity index (χ1n) is 12.0. The van der Waals surface area contributed by atoms with Crippen molar-refractivity contribution in [1.29, 1.82) is 0 Å². The van der Waals surface area contributed by atoms with Gasteiger partial charge in [-0.3, -0.25) is 14.4 Å². The minimum absolute atomic E-state index is 0.190. The van der Waals surface area contributed by atoms with E-state index in [9.17, 15) is 24.6 Å². The fourth-order valence-corrected chi connectivity index (χ4v) is 6.04. The zero-order valence-corrected chi connectivity index (χ0v) is 19.5. The van der Waals surface area contributed by atoms with Crippen molar-refractivity contribution in [3.05, 3.63) is 12.7 Å². The van der Waals surface area contributed by atoms with Gasteiger partial charge >= 0.3 is 5.97 Å². The number of carbonyl (C=O) groups is 3. The summed E-state index contributed by atoms with van der Waals surface area (Å²) in [5.41, 5.74) is -1.14. The number of unbranched alkanes of at least 4 members (excludes halogenated alkanes) is 2. The van der Waals surface area contributed by atoms with E-state index in [4.69, 9.17) is 4.74 Å². The Bertz CT molecular complexity index is 740. The molecule has 2 unspecified atom stereocenters. The Hall–Kier alpha value is -1.93. The number of hydrogen-bond donors (Lipinski definition) is 2. The van der Waals surface area contributed by atoms with Crippen molar-refractivity contribution in [2.75, 3.05) is 19.7 Å². The van der Waals surface area contributed by atoms with E-state index in [0.717, 1.165) is 19.3 Å². The number of amides is 2. The van der Waals surface area contributed by atoms with Crippen molar-refractivity contribution in [1.82, 2.24) is 9.80 Å². The maximum atomic E-state index is 14.0. The van der Waals surface area contributed by atoms with Crippen LogP contribution in [0, 0.1) is 17.8 Å². The standard InChI is InChI=1S/C24H38N2O6/c1-5-7-8-12-25(11-6-2)22(29)20-24-10-9-17(32-24)18(23(30)31)19(24)21(28)26(20)16(14-27)13-15(3)4/h6,15-20,27H,2,5,7-14H2,1,3-4H3,(H,30,31)/t16-,17+,18-,19+,20?,24?/m1/s1. The molecule has 0 aromatic rings. The zero-order chi connectivity index (χ0) is 23.6. The molecule has 3 rings (SSSR count). The summed E-state index contributed by atoms with van der Waals surface area (Å²) < 4.78 is 6.25. The SMILES string of the molecule is C=CCN(CCCCC)C(=O)C1N([C@@H](CO)CC(C)C)C(=O)[C@@H]2[C@H](C(=O)O)[C@@H]3CCC12O3. The monoisotopic (exact) mass is 450 g/mol. The molecule has 3 heterocycles. The van der Waals surface area contributed by atoms with Gasteiger partial charge in [-0.2, -0.15) is 0 Å². The fourth-order valence-electron chi connectivity index (χ4n) is 6.04. The molecule has 0 aromatic carbocycles. The van der Waals surface area contributed by atoms with Crippen LogP contribution in [0.4, 0.5) is 0 Å². The van der Waals surface area contributed by atoms with E-state index < -0.39 is 41.6 Å². The highest BCUT2D eigenvalue weighted by atomic mass is 16.5. The molecule has 2 N–H and O–H groups in total. The number of hydrogen-bond acceptors (Lipinski definition) is 5. The highest BCUT2D eigenvalue weighted by molar-refractivity contribution is 5.98. The van der Waals surface area contributed by atoms with Crippen LogP contribution in [-0.4, -0.2) is 81.3 Å². The number of nitrogens with zero attached hydrogens (tertiary/aromatic N) is 2. The molecule has 0 aromatic heterocycles. The van der Waals surface area contributed by atoms with Crippen LogP contribution in [0.25, 0.3) is 0 Å². The molecule has 3 aliphatic rings. The lowest BCUT2D eigenvalue weighted by Crippen LogP contribution is -2.59. The summed E-state index contributed by atoms with van der Waals surface area (Å²) in [5, 5.41) is 20.1. The lowest BCUT2D eigenvalue weighted by molar-refractivity contribution is -0.153. The summed E-state index contributed by atoms with van der Waals surface area (Å²) in [5.74, 6) is -3.32. The molecule has 2 bridgehead atoms. The van der Waals surface area contributed by atoms with Crippen LogP contribution in [0.5, 0.6) is 0 Å². The van der Waals surface area contributed by atoms with Crippen molar-refractivity contribution >= 4 is 17.8 Å². The van der Waals surface area contributed by atoms with E-state index in [0.29, 0.717) is 32.4 Å². The molecule has 0 radical (unpaired) electrons. The van der Waals surface area contributed by atoms with E-state index >= 15 is 0 Å². The molecule has 8 heteroatoms. The number of rotatable bonds is 12. The van der Waals surface area contributed by atoms with Crippen molar-refractivity contribution in [2.24, 2.45) is 17.8 Å².